The van der Waals surface area contributed by atoms with Gasteiger partial charge in [-0.05, 0) is 32.0 Å². The molecular weight excluding hydrogens is 327 g/mol. The van der Waals surface area contributed by atoms with E-state index in [1.807, 2.05) is 0 Å². The van der Waals surface area contributed by atoms with Crippen molar-refractivity contribution in [3.05, 3.63) is 40.9 Å². The number of carbonyl (C=O) groups excluding carboxylic acids is 2. The van der Waals surface area contributed by atoms with Crippen LogP contribution in [0.5, 0.6) is 0 Å². The van der Waals surface area contributed by atoms with Gasteiger partial charge < -0.3 is 0 Å². The SMILES string of the molecule is CC1(C)C(=O)C(n2cncn2)N(c2ccc(Cl)cc2Cl)C1=O. The van der Waals surface area contributed by atoms with Gasteiger partial charge in [0.1, 0.15) is 18.1 Å². The number of anilines is 1. The molecule has 0 saturated carbocycles. The molecule has 6 nitrogen and oxygen atoms in total. The Bertz CT molecular complexity index is 758. The van der Waals surface area contributed by atoms with Gasteiger partial charge in [-0.15, -0.1) is 0 Å². The van der Waals surface area contributed by atoms with Crippen LogP contribution in [0, 0.1) is 5.41 Å². The highest BCUT2D eigenvalue weighted by Gasteiger charge is 2.55. The molecule has 0 spiro atoms. The van der Waals surface area contributed by atoms with E-state index in [2.05, 4.69) is 10.1 Å². The Kier molecular flexibility index (Phi) is 3.45. The highest BCUT2D eigenvalue weighted by molar-refractivity contribution is 6.37. The number of ketones is 1. The lowest BCUT2D eigenvalue weighted by Crippen LogP contribution is -2.34. The minimum atomic E-state index is -1.17. The minimum absolute atomic E-state index is 0.269. The van der Waals surface area contributed by atoms with Crippen molar-refractivity contribution in [3.8, 4) is 0 Å². The number of hydrogen-bond donors (Lipinski definition) is 0. The molecule has 0 bridgehead atoms. The van der Waals surface area contributed by atoms with Gasteiger partial charge in [0.2, 0.25) is 5.91 Å². The van der Waals surface area contributed by atoms with Crippen molar-refractivity contribution in [2.24, 2.45) is 5.41 Å². The molecule has 0 N–H and O–H groups in total. The van der Waals surface area contributed by atoms with Gasteiger partial charge in [0.25, 0.3) is 0 Å². The van der Waals surface area contributed by atoms with Crippen molar-refractivity contribution in [2.45, 2.75) is 20.0 Å². The Balaban J connectivity index is 2.18. The Labute approximate surface area is 136 Å². The number of benzene rings is 1. The number of nitrogens with zero attached hydrogens (tertiary/aromatic N) is 4. The molecule has 1 aromatic heterocycles. The van der Waals surface area contributed by atoms with Gasteiger partial charge in [-0.3, -0.25) is 14.5 Å². The Morgan fingerprint density at radius 1 is 1.23 bits per heavy atom. The van der Waals surface area contributed by atoms with Crippen molar-refractivity contribution in [1.29, 1.82) is 0 Å². The molecule has 2 aromatic rings. The maximum Gasteiger partial charge on any atom is 0.242 e. The molecule has 1 aliphatic heterocycles. The van der Waals surface area contributed by atoms with E-state index in [0.717, 1.165) is 0 Å². The molecule has 1 amide bonds. The number of aromatic nitrogens is 3. The Hall–Kier alpha value is -1.92. The zero-order valence-corrected chi connectivity index (χ0v) is 13.3. The van der Waals surface area contributed by atoms with E-state index in [-0.39, 0.29) is 16.7 Å². The maximum absolute atomic E-state index is 12.7. The van der Waals surface area contributed by atoms with E-state index in [1.165, 1.54) is 28.3 Å². The van der Waals surface area contributed by atoms with Gasteiger partial charge in [-0.25, -0.2) is 9.67 Å². The molecule has 1 aliphatic rings. The van der Waals surface area contributed by atoms with Crippen LogP contribution in [0.15, 0.2) is 30.9 Å². The molecule has 0 radical (unpaired) electrons. The largest absolute Gasteiger partial charge is 0.294 e. The van der Waals surface area contributed by atoms with Crippen LogP contribution in [0.4, 0.5) is 5.69 Å². The third-order valence-corrected chi connectivity index (χ3v) is 4.24. The molecule has 22 heavy (non-hydrogen) atoms. The number of rotatable bonds is 2. The smallest absolute Gasteiger partial charge is 0.242 e. The fourth-order valence-electron chi connectivity index (χ4n) is 2.46. The normalized spacial score (nSPS) is 20.7. The first-order valence-corrected chi connectivity index (χ1v) is 7.27. The van der Waals surface area contributed by atoms with E-state index >= 15 is 0 Å². The van der Waals surface area contributed by atoms with Crippen LogP contribution in [0.25, 0.3) is 0 Å². The molecule has 1 saturated heterocycles. The highest BCUT2D eigenvalue weighted by Crippen LogP contribution is 2.43. The standard InChI is InChI=1S/C14H12Cl2N4O2/c1-14(2)11(21)12(19-7-17-6-18-19)20(13(14)22)10-4-3-8(15)5-9(10)16/h3-7,12H,1-2H3. The second-order valence-corrected chi connectivity index (χ2v) is 6.35. The second-order valence-electron chi connectivity index (χ2n) is 5.51. The summed E-state index contributed by atoms with van der Waals surface area (Å²) in [6.07, 6.45) is 1.79. The van der Waals surface area contributed by atoms with E-state index in [9.17, 15) is 9.59 Å². The summed E-state index contributed by atoms with van der Waals surface area (Å²) in [5.41, 5.74) is -0.755. The predicted molar refractivity (Wildman–Crippen MR) is 81.8 cm³/mol. The third kappa shape index (κ3) is 2.10. The quantitative estimate of drug-likeness (QED) is 0.789. The number of halogens is 2. The van der Waals surface area contributed by atoms with Gasteiger partial charge in [0, 0.05) is 5.02 Å². The lowest BCUT2D eigenvalue weighted by Gasteiger charge is -2.24. The van der Waals surface area contributed by atoms with Crippen LogP contribution in [0.2, 0.25) is 10.0 Å². The second kappa shape index (κ2) is 5.07. The van der Waals surface area contributed by atoms with Gasteiger partial charge >= 0.3 is 0 Å². The van der Waals surface area contributed by atoms with E-state index in [0.29, 0.717) is 10.7 Å². The molecule has 1 atom stereocenters. The van der Waals surface area contributed by atoms with Crippen LogP contribution in [0.3, 0.4) is 0 Å². The number of hydrogen-bond acceptors (Lipinski definition) is 4. The maximum atomic E-state index is 12.7. The third-order valence-electron chi connectivity index (χ3n) is 3.70. The summed E-state index contributed by atoms with van der Waals surface area (Å²) < 4.78 is 1.35. The lowest BCUT2D eigenvalue weighted by molar-refractivity contribution is -0.133. The van der Waals surface area contributed by atoms with Gasteiger partial charge in [-0.1, -0.05) is 23.2 Å². The highest BCUT2D eigenvalue weighted by atomic mass is 35.5. The average molecular weight is 339 g/mol. The summed E-state index contributed by atoms with van der Waals surface area (Å²) in [5, 5.41) is 4.73. The van der Waals surface area contributed by atoms with Gasteiger partial charge in [-0.2, -0.15) is 5.10 Å². The summed E-state index contributed by atoms with van der Waals surface area (Å²) >= 11 is 12.1. The monoisotopic (exact) mass is 338 g/mol. The van der Waals surface area contributed by atoms with Crippen molar-refractivity contribution in [2.75, 3.05) is 4.90 Å². The molecule has 8 heteroatoms. The van der Waals surface area contributed by atoms with Crippen molar-refractivity contribution in [3.63, 3.8) is 0 Å². The van der Waals surface area contributed by atoms with Crippen LogP contribution in [-0.2, 0) is 9.59 Å². The molecule has 1 unspecified atom stereocenters. The first-order chi connectivity index (χ1) is 10.3. The van der Waals surface area contributed by atoms with Crippen LogP contribution in [-0.4, -0.2) is 26.5 Å². The topological polar surface area (TPSA) is 68.1 Å². The Morgan fingerprint density at radius 3 is 2.55 bits per heavy atom. The first kappa shape index (κ1) is 15.0. The summed E-state index contributed by atoms with van der Waals surface area (Å²) in [6, 6.07) is 4.76. The molecule has 114 valence electrons. The van der Waals surface area contributed by atoms with E-state index < -0.39 is 11.6 Å². The van der Waals surface area contributed by atoms with E-state index in [4.69, 9.17) is 23.2 Å². The summed E-state index contributed by atoms with van der Waals surface area (Å²) in [7, 11) is 0. The molecule has 0 aliphatic carbocycles. The molecule has 1 fully saturated rings. The Morgan fingerprint density at radius 2 is 1.95 bits per heavy atom. The zero-order chi connectivity index (χ0) is 16.1. The van der Waals surface area contributed by atoms with Crippen molar-refractivity contribution in [1.82, 2.24) is 14.8 Å². The van der Waals surface area contributed by atoms with Crippen LogP contribution < -0.4 is 4.90 Å². The average Bonchev–Trinajstić information content (AvgIpc) is 3.02. The van der Waals surface area contributed by atoms with Gasteiger partial charge in [0.05, 0.1) is 10.7 Å². The molecular formula is C14H12Cl2N4O2. The van der Waals surface area contributed by atoms with Gasteiger partial charge in [0.15, 0.2) is 11.9 Å². The first-order valence-electron chi connectivity index (χ1n) is 6.51. The number of carbonyl (C=O) groups is 2. The predicted octanol–water partition coefficient (Wildman–Crippen LogP) is 2.73. The fourth-order valence-corrected chi connectivity index (χ4v) is 2.96. The van der Waals surface area contributed by atoms with Crippen LogP contribution >= 0.6 is 23.2 Å². The van der Waals surface area contributed by atoms with E-state index in [1.54, 1.807) is 26.0 Å². The van der Waals surface area contributed by atoms with Crippen molar-refractivity contribution < 1.29 is 9.59 Å². The minimum Gasteiger partial charge on any atom is -0.294 e. The summed E-state index contributed by atoms with van der Waals surface area (Å²) in [5.74, 6) is -0.615. The molecule has 2 heterocycles. The number of Topliss-reactive ketones (excluding diaryl/α,β-unsaturated/α-hetero) is 1. The molecule has 1 aromatic carbocycles. The summed E-state index contributed by atoms with van der Waals surface area (Å²) in [4.78, 5) is 30.6. The van der Waals surface area contributed by atoms with Crippen LogP contribution in [0.1, 0.15) is 20.0 Å². The zero-order valence-electron chi connectivity index (χ0n) is 11.8. The molecule has 3 rings (SSSR count). The summed E-state index contributed by atoms with van der Waals surface area (Å²) in [6.45, 7) is 3.18. The fraction of sp³-hybridized carbons (Fsp3) is 0.286. The van der Waals surface area contributed by atoms with Crippen molar-refractivity contribution >= 4 is 40.6 Å². The number of amides is 1. The lowest BCUT2D eigenvalue weighted by atomic mass is 9.90.